The first-order chi connectivity index (χ1) is 12.2. The number of nitrogens with one attached hydrogen (secondary N) is 2. The molecule has 0 bridgehead atoms. The Balaban J connectivity index is 1.96. The molecule has 0 saturated carbocycles. The maximum atomic E-state index is 13.9. The van der Waals surface area contributed by atoms with Crippen LogP contribution < -0.4 is 10.6 Å². The third-order valence-corrected chi connectivity index (χ3v) is 4.91. The van der Waals surface area contributed by atoms with Gasteiger partial charge in [0.15, 0.2) is 11.6 Å². The number of hydrogen-bond donors (Lipinski definition) is 2. The Morgan fingerprint density at radius 3 is 2.65 bits per heavy atom. The van der Waals surface area contributed by atoms with Gasteiger partial charge in [0.2, 0.25) is 11.8 Å². The van der Waals surface area contributed by atoms with Gasteiger partial charge >= 0.3 is 0 Å². The third kappa shape index (κ3) is 2.85. The monoisotopic (exact) mass is 360 g/mol. The number of hydrogen-bond acceptors (Lipinski definition) is 2. The number of rotatable bonds is 3. The molecule has 2 N–H and O–H groups in total. The van der Waals surface area contributed by atoms with Crippen molar-refractivity contribution in [1.82, 2.24) is 5.32 Å². The lowest BCUT2D eigenvalue weighted by molar-refractivity contribution is -0.129. The van der Waals surface area contributed by atoms with Crippen LogP contribution in [0.4, 0.5) is 18.9 Å². The topological polar surface area (TPSA) is 58.2 Å². The predicted molar refractivity (Wildman–Crippen MR) is 93.1 cm³/mol. The molecule has 2 amide bonds. The number of anilines is 1. The van der Waals surface area contributed by atoms with Gasteiger partial charge in [-0.1, -0.05) is 18.2 Å². The highest BCUT2D eigenvalue weighted by molar-refractivity contribution is 6.44. The zero-order chi connectivity index (χ0) is 19.1. The quantitative estimate of drug-likeness (QED) is 0.650. The molecule has 2 aromatic carbocycles. The van der Waals surface area contributed by atoms with Crippen LogP contribution >= 0.6 is 0 Å². The van der Waals surface area contributed by atoms with E-state index in [0.29, 0.717) is 11.1 Å². The van der Waals surface area contributed by atoms with E-state index in [0.717, 1.165) is 6.07 Å². The number of carbonyl (C=O) groups is 2. The summed E-state index contributed by atoms with van der Waals surface area (Å²) in [5, 5.41) is 3.28. The Kier molecular flexibility index (Phi) is 4.52. The second-order valence-electron chi connectivity index (χ2n) is 6.53. The fraction of sp³-hybridized carbons (Fsp3) is 0.222. The van der Waals surface area contributed by atoms with Crippen molar-refractivity contribution in [2.24, 2.45) is 0 Å². The average molecular weight is 360 g/mol. The van der Waals surface area contributed by atoms with E-state index in [4.69, 9.17) is 0 Å². The summed E-state index contributed by atoms with van der Waals surface area (Å²) in [5.74, 6) is -4.76. The van der Waals surface area contributed by atoms with E-state index >= 15 is 0 Å². The van der Waals surface area contributed by atoms with Crippen LogP contribution in [0, 0.1) is 24.4 Å². The van der Waals surface area contributed by atoms with Gasteiger partial charge in [-0.3, -0.25) is 9.59 Å². The Morgan fingerprint density at radius 2 is 1.96 bits per heavy atom. The van der Waals surface area contributed by atoms with E-state index in [1.165, 1.54) is 26.0 Å². The van der Waals surface area contributed by atoms with E-state index in [-0.39, 0.29) is 12.2 Å². The van der Waals surface area contributed by atoms with Crippen molar-refractivity contribution >= 4 is 25.3 Å². The largest absolute Gasteiger partial charge is 0.355 e. The highest BCUT2D eigenvalue weighted by atomic mass is 19.2. The summed E-state index contributed by atoms with van der Waals surface area (Å²) >= 11 is 0. The standard InChI is InChI=1S/C18H16BF3N2O2/c1-9-5-6-10(7-13(9)21)11-8-23-16(25)18(11,19)17(26)24-14-4-2-3-12(20)15(14)22/h2-7,11H,8,19H2,1H3,(H,23,25)(H,24,26)/t11-,18+/m1/s1. The molecule has 8 heteroatoms. The average Bonchev–Trinajstić information content (AvgIpc) is 2.91. The normalized spacial score (nSPS) is 22.2. The minimum Gasteiger partial charge on any atom is -0.355 e. The molecule has 3 rings (SSSR count). The maximum Gasteiger partial charge on any atom is 0.232 e. The van der Waals surface area contributed by atoms with Crippen molar-refractivity contribution in [3.63, 3.8) is 0 Å². The maximum absolute atomic E-state index is 13.9. The van der Waals surface area contributed by atoms with Crippen LogP contribution in [0.5, 0.6) is 0 Å². The smallest absolute Gasteiger partial charge is 0.232 e. The van der Waals surface area contributed by atoms with E-state index in [1.807, 2.05) is 0 Å². The van der Waals surface area contributed by atoms with Gasteiger partial charge in [0.05, 0.1) is 5.69 Å². The Hall–Kier alpha value is -2.77. The molecule has 1 aliphatic heterocycles. The van der Waals surface area contributed by atoms with Crippen LogP contribution in [-0.2, 0) is 9.59 Å². The van der Waals surface area contributed by atoms with Crippen LogP contribution in [0.25, 0.3) is 0 Å². The van der Waals surface area contributed by atoms with Crippen molar-refractivity contribution in [2.75, 3.05) is 11.9 Å². The lowest BCUT2D eigenvalue weighted by Crippen LogP contribution is -2.39. The molecule has 0 aliphatic carbocycles. The first-order valence-electron chi connectivity index (χ1n) is 8.05. The van der Waals surface area contributed by atoms with Gasteiger partial charge in [0.25, 0.3) is 0 Å². The minimum absolute atomic E-state index is 0.136. The molecule has 0 unspecified atom stereocenters. The predicted octanol–water partition coefficient (Wildman–Crippen LogP) is 2.06. The Bertz CT molecular complexity index is 906. The summed E-state index contributed by atoms with van der Waals surface area (Å²) in [6.07, 6.45) is 0. The van der Waals surface area contributed by atoms with Crippen molar-refractivity contribution < 1.29 is 22.8 Å². The number of amides is 2. The molecular formula is C18H16BF3N2O2. The lowest BCUT2D eigenvalue weighted by Gasteiger charge is -2.28. The molecular weight excluding hydrogens is 344 g/mol. The van der Waals surface area contributed by atoms with Gasteiger partial charge < -0.3 is 10.6 Å². The molecule has 26 heavy (non-hydrogen) atoms. The van der Waals surface area contributed by atoms with E-state index < -0.39 is 40.5 Å². The highest BCUT2D eigenvalue weighted by Gasteiger charge is 2.52. The molecule has 0 radical (unpaired) electrons. The number of carbonyl (C=O) groups excluding carboxylic acids is 2. The zero-order valence-corrected chi connectivity index (χ0v) is 14.2. The second-order valence-corrected chi connectivity index (χ2v) is 6.53. The van der Waals surface area contributed by atoms with Crippen molar-refractivity contribution in [2.45, 2.75) is 18.2 Å². The van der Waals surface area contributed by atoms with Gasteiger partial charge in [-0.2, -0.15) is 0 Å². The first-order valence-corrected chi connectivity index (χ1v) is 8.05. The fourth-order valence-corrected chi connectivity index (χ4v) is 3.13. The van der Waals surface area contributed by atoms with Gasteiger partial charge in [0, 0.05) is 12.5 Å². The van der Waals surface area contributed by atoms with Crippen LogP contribution in [0.3, 0.4) is 0 Å². The third-order valence-electron chi connectivity index (χ3n) is 4.91. The summed E-state index contributed by atoms with van der Waals surface area (Å²) in [7, 11) is 1.41. The van der Waals surface area contributed by atoms with E-state index in [9.17, 15) is 22.8 Å². The second kappa shape index (κ2) is 6.51. The molecule has 1 heterocycles. The van der Waals surface area contributed by atoms with Gasteiger partial charge in [-0.15, -0.1) is 0 Å². The molecule has 2 aromatic rings. The molecule has 1 saturated heterocycles. The fourth-order valence-electron chi connectivity index (χ4n) is 3.13. The minimum atomic E-state index is -1.60. The summed E-state index contributed by atoms with van der Waals surface area (Å²) in [6, 6.07) is 7.88. The molecule has 1 aliphatic rings. The SMILES string of the molecule is B[C@]1(C(=O)Nc2cccc(F)c2F)C(=O)NC[C@@H]1c1ccc(C)c(F)c1. The zero-order valence-electron chi connectivity index (χ0n) is 14.2. The summed E-state index contributed by atoms with van der Waals surface area (Å²) in [4.78, 5) is 25.2. The number of benzene rings is 2. The van der Waals surface area contributed by atoms with Crippen molar-refractivity contribution in [3.8, 4) is 0 Å². The van der Waals surface area contributed by atoms with Crippen molar-refractivity contribution in [1.29, 1.82) is 0 Å². The number of aryl methyl sites for hydroxylation is 1. The van der Waals surface area contributed by atoms with E-state index in [1.54, 1.807) is 19.1 Å². The Labute approximate surface area is 149 Å². The van der Waals surface area contributed by atoms with E-state index in [2.05, 4.69) is 10.6 Å². The summed E-state index contributed by atoms with van der Waals surface area (Å²) in [5.41, 5.74) is 0.563. The highest BCUT2D eigenvalue weighted by Crippen LogP contribution is 2.45. The Morgan fingerprint density at radius 1 is 1.23 bits per heavy atom. The van der Waals surface area contributed by atoms with Gasteiger partial charge in [0.1, 0.15) is 19.0 Å². The van der Waals surface area contributed by atoms with Crippen LogP contribution in [0.1, 0.15) is 17.0 Å². The molecule has 1 fully saturated rings. The molecule has 2 atom stereocenters. The van der Waals surface area contributed by atoms with Crippen LogP contribution in [0.2, 0.25) is 5.31 Å². The first kappa shape index (κ1) is 18.0. The lowest BCUT2D eigenvalue weighted by atomic mass is 9.59. The van der Waals surface area contributed by atoms with Crippen molar-refractivity contribution in [3.05, 3.63) is 65.0 Å². The molecule has 0 spiro atoms. The molecule has 4 nitrogen and oxygen atoms in total. The summed E-state index contributed by atoms with van der Waals surface area (Å²) < 4.78 is 41.1. The van der Waals surface area contributed by atoms with Gasteiger partial charge in [-0.25, -0.2) is 13.2 Å². The van der Waals surface area contributed by atoms with Crippen LogP contribution in [-0.4, -0.2) is 26.2 Å². The number of halogens is 3. The molecule has 134 valence electrons. The van der Waals surface area contributed by atoms with Gasteiger partial charge in [-0.05, 0) is 36.2 Å². The van der Waals surface area contributed by atoms with Crippen LogP contribution in [0.15, 0.2) is 36.4 Å². The molecule has 0 aromatic heterocycles. The summed E-state index contributed by atoms with van der Waals surface area (Å²) in [6.45, 7) is 1.74.